The Morgan fingerprint density at radius 3 is 2.41 bits per heavy atom. The highest BCUT2D eigenvalue weighted by atomic mass is 35.5. The van der Waals surface area contributed by atoms with Crippen LogP contribution in [0, 0.1) is 0 Å². The third-order valence-electron chi connectivity index (χ3n) is 3.65. The van der Waals surface area contributed by atoms with Gasteiger partial charge in [0.25, 0.3) is 5.91 Å². The van der Waals surface area contributed by atoms with Gasteiger partial charge >= 0.3 is 6.03 Å². The van der Waals surface area contributed by atoms with E-state index in [1.807, 2.05) is 0 Å². The lowest BCUT2D eigenvalue weighted by atomic mass is 10.2. The molecule has 1 aromatic carbocycles. The summed E-state index contributed by atoms with van der Waals surface area (Å²) < 4.78 is 26.6. The van der Waals surface area contributed by atoms with Gasteiger partial charge in [0.05, 0.1) is 10.0 Å². The Morgan fingerprint density at radius 2 is 1.77 bits per heavy atom. The molecule has 0 unspecified atom stereocenters. The summed E-state index contributed by atoms with van der Waals surface area (Å²) in [7, 11) is -3.95. The second-order valence-corrected chi connectivity index (χ2v) is 7.61. The first kappa shape index (κ1) is 15.5. The number of nitrogens with zero attached hydrogens (tertiary/aromatic N) is 2. The summed E-state index contributed by atoms with van der Waals surface area (Å²) in [6.07, 6.45) is 0. The number of rotatable bonds is 2. The molecule has 0 saturated carbocycles. The molecule has 1 aromatic rings. The zero-order valence-corrected chi connectivity index (χ0v) is 13.5. The molecule has 3 rings (SSSR count). The Bertz CT molecular complexity index is 747. The molecule has 1 N–H and O–H groups in total. The molecule has 2 heterocycles. The lowest BCUT2D eigenvalue weighted by Gasteiger charge is -2.34. The van der Waals surface area contributed by atoms with Gasteiger partial charge in [-0.25, -0.2) is 13.2 Å². The van der Waals surface area contributed by atoms with E-state index in [9.17, 15) is 18.0 Å². The van der Waals surface area contributed by atoms with Gasteiger partial charge in [-0.2, -0.15) is 4.31 Å². The summed E-state index contributed by atoms with van der Waals surface area (Å²) in [5, 5.41) is 2.20. The van der Waals surface area contributed by atoms with Gasteiger partial charge in [0.1, 0.15) is 10.9 Å². The minimum Gasteiger partial charge on any atom is -0.310 e. The first-order chi connectivity index (χ1) is 10.3. The summed E-state index contributed by atoms with van der Waals surface area (Å²) in [6.45, 7) is 0.0755. The van der Waals surface area contributed by atoms with Gasteiger partial charge in [0.15, 0.2) is 0 Å². The number of halogens is 2. The van der Waals surface area contributed by atoms with Crippen LogP contribution in [-0.4, -0.2) is 55.2 Å². The molecule has 22 heavy (non-hydrogen) atoms. The van der Waals surface area contributed by atoms with Gasteiger partial charge < -0.3 is 4.90 Å². The Morgan fingerprint density at radius 1 is 1.14 bits per heavy atom. The van der Waals surface area contributed by atoms with Gasteiger partial charge in [-0.1, -0.05) is 29.3 Å². The van der Waals surface area contributed by atoms with Crippen molar-refractivity contribution < 1.29 is 18.0 Å². The zero-order valence-electron chi connectivity index (χ0n) is 11.1. The normalized spacial score (nSPS) is 22.6. The highest BCUT2D eigenvalue weighted by Crippen LogP contribution is 2.32. The predicted octanol–water partition coefficient (Wildman–Crippen LogP) is 0.918. The van der Waals surface area contributed by atoms with Crippen LogP contribution >= 0.6 is 23.2 Å². The van der Waals surface area contributed by atoms with E-state index >= 15 is 0 Å². The molecular weight excluding hydrogens is 353 g/mol. The van der Waals surface area contributed by atoms with Crippen LogP contribution in [-0.2, 0) is 14.8 Å². The summed E-state index contributed by atoms with van der Waals surface area (Å²) in [5.74, 6) is -0.504. The molecule has 2 saturated heterocycles. The number of amides is 3. The SMILES string of the molecule is O=C1NC(=O)N2CCN(S(=O)(=O)c3c(Cl)cccc3Cl)C[C@@H]12. The monoisotopic (exact) mass is 363 g/mol. The molecule has 0 bridgehead atoms. The van der Waals surface area contributed by atoms with Crippen molar-refractivity contribution in [3.63, 3.8) is 0 Å². The number of sulfonamides is 1. The quantitative estimate of drug-likeness (QED) is 0.791. The second-order valence-electron chi connectivity index (χ2n) is 4.92. The summed E-state index contributed by atoms with van der Waals surface area (Å²) >= 11 is 11.9. The van der Waals surface area contributed by atoms with E-state index in [0.717, 1.165) is 4.31 Å². The van der Waals surface area contributed by atoms with Crippen molar-refractivity contribution in [3.8, 4) is 0 Å². The van der Waals surface area contributed by atoms with E-state index in [2.05, 4.69) is 5.32 Å². The fourth-order valence-electron chi connectivity index (χ4n) is 2.56. The fraction of sp³-hybridized carbons (Fsp3) is 0.333. The number of nitrogens with one attached hydrogen (secondary N) is 1. The minimum atomic E-state index is -3.95. The van der Waals surface area contributed by atoms with E-state index in [4.69, 9.17) is 23.2 Å². The molecule has 2 aliphatic rings. The maximum absolute atomic E-state index is 12.7. The van der Waals surface area contributed by atoms with Crippen molar-refractivity contribution in [2.24, 2.45) is 0 Å². The Balaban J connectivity index is 1.95. The first-order valence-corrected chi connectivity index (χ1v) is 8.57. The molecule has 0 aromatic heterocycles. The third kappa shape index (κ3) is 2.36. The largest absolute Gasteiger partial charge is 0.324 e. The molecule has 1 atom stereocenters. The summed E-state index contributed by atoms with van der Waals surface area (Å²) in [5.41, 5.74) is 0. The van der Waals surface area contributed by atoms with Gasteiger partial charge in [0.2, 0.25) is 10.0 Å². The molecule has 3 amide bonds. The van der Waals surface area contributed by atoms with Crippen molar-refractivity contribution >= 4 is 45.2 Å². The van der Waals surface area contributed by atoms with Gasteiger partial charge in [0, 0.05) is 19.6 Å². The average Bonchev–Trinajstić information content (AvgIpc) is 2.73. The topological polar surface area (TPSA) is 86.8 Å². The van der Waals surface area contributed by atoms with Crippen molar-refractivity contribution in [1.82, 2.24) is 14.5 Å². The van der Waals surface area contributed by atoms with Crippen LogP contribution in [0.15, 0.2) is 23.1 Å². The number of carbonyl (C=O) groups excluding carboxylic acids is 2. The molecule has 0 aliphatic carbocycles. The maximum atomic E-state index is 12.7. The second kappa shape index (κ2) is 5.38. The lowest BCUT2D eigenvalue weighted by molar-refractivity contribution is -0.122. The van der Waals surface area contributed by atoms with Crippen LogP contribution in [0.5, 0.6) is 0 Å². The molecular formula is C12H11Cl2N3O4S. The number of imide groups is 1. The number of hydrogen-bond donors (Lipinski definition) is 1. The standard InChI is InChI=1S/C12H11Cl2N3O4S/c13-7-2-1-3-8(14)10(7)22(20,21)16-4-5-17-9(6-16)11(18)15-12(17)19/h1-3,9H,4-6H2,(H,15,18,19)/t9-/m0/s1. The van der Waals surface area contributed by atoms with Crippen molar-refractivity contribution in [2.75, 3.05) is 19.6 Å². The molecule has 0 spiro atoms. The smallest absolute Gasteiger partial charge is 0.310 e. The van der Waals surface area contributed by atoms with E-state index < -0.39 is 28.0 Å². The number of benzene rings is 1. The highest BCUT2D eigenvalue weighted by Gasteiger charge is 2.45. The average molecular weight is 364 g/mol. The Kier molecular flexibility index (Phi) is 3.80. The maximum Gasteiger partial charge on any atom is 0.324 e. The van der Waals surface area contributed by atoms with E-state index in [0.29, 0.717) is 0 Å². The molecule has 118 valence electrons. The summed E-state index contributed by atoms with van der Waals surface area (Å²) in [4.78, 5) is 24.4. The van der Waals surface area contributed by atoms with E-state index in [-0.39, 0.29) is 34.6 Å². The van der Waals surface area contributed by atoms with Gasteiger partial charge in [-0.15, -0.1) is 0 Å². The molecule has 2 fully saturated rings. The number of fused-ring (bicyclic) bond motifs is 1. The van der Waals surface area contributed by atoms with Crippen molar-refractivity contribution in [2.45, 2.75) is 10.9 Å². The number of piperazine rings is 1. The summed E-state index contributed by atoms with van der Waals surface area (Å²) in [6, 6.07) is 3.09. The lowest BCUT2D eigenvalue weighted by Crippen LogP contribution is -2.54. The molecule has 2 aliphatic heterocycles. The molecule has 10 heteroatoms. The van der Waals surface area contributed by atoms with Gasteiger partial charge in [-0.3, -0.25) is 10.1 Å². The number of urea groups is 1. The van der Waals surface area contributed by atoms with Crippen LogP contribution in [0.2, 0.25) is 10.0 Å². The fourth-order valence-corrected chi connectivity index (χ4v) is 5.09. The van der Waals surface area contributed by atoms with Crippen LogP contribution in [0.1, 0.15) is 0 Å². The van der Waals surface area contributed by atoms with E-state index in [1.165, 1.54) is 17.0 Å². The Hall–Kier alpha value is -1.35. The van der Waals surface area contributed by atoms with E-state index in [1.54, 1.807) is 6.07 Å². The first-order valence-electron chi connectivity index (χ1n) is 6.38. The zero-order chi connectivity index (χ0) is 16.1. The third-order valence-corrected chi connectivity index (χ3v) is 6.47. The van der Waals surface area contributed by atoms with Crippen LogP contribution in [0.3, 0.4) is 0 Å². The van der Waals surface area contributed by atoms with Crippen LogP contribution < -0.4 is 5.32 Å². The Labute approximate surface area is 136 Å². The predicted molar refractivity (Wildman–Crippen MR) is 79.3 cm³/mol. The van der Waals surface area contributed by atoms with Crippen molar-refractivity contribution in [1.29, 1.82) is 0 Å². The van der Waals surface area contributed by atoms with Crippen molar-refractivity contribution in [3.05, 3.63) is 28.2 Å². The van der Waals surface area contributed by atoms with Gasteiger partial charge in [-0.05, 0) is 12.1 Å². The minimum absolute atomic E-state index is 0.0156. The van der Waals surface area contributed by atoms with Crippen LogP contribution in [0.25, 0.3) is 0 Å². The number of hydrogen-bond acceptors (Lipinski definition) is 4. The van der Waals surface area contributed by atoms with Crippen LogP contribution in [0.4, 0.5) is 4.79 Å². The molecule has 0 radical (unpaired) electrons. The highest BCUT2D eigenvalue weighted by molar-refractivity contribution is 7.89. The number of carbonyl (C=O) groups is 2. The molecule has 7 nitrogen and oxygen atoms in total.